The lowest BCUT2D eigenvalue weighted by atomic mass is 9.86. The van der Waals surface area contributed by atoms with Crippen LogP contribution in [0.2, 0.25) is 0 Å². The minimum Gasteiger partial charge on any atom is -0.497 e. The summed E-state index contributed by atoms with van der Waals surface area (Å²) >= 11 is 0. The second kappa shape index (κ2) is 5.68. The zero-order valence-corrected chi connectivity index (χ0v) is 13.2. The van der Waals surface area contributed by atoms with Crippen molar-refractivity contribution in [3.8, 4) is 5.75 Å². The zero-order valence-electron chi connectivity index (χ0n) is 13.2. The number of aromatic nitrogens is 2. The van der Waals surface area contributed by atoms with E-state index < -0.39 is 0 Å². The molecule has 4 heteroatoms. The van der Waals surface area contributed by atoms with Crippen LogP contribution in [-0.2, 0) is 0 Å². The van der Waals surface area contributed by atoms with Gasteiger partial charge in [-0.1, -0.05) is 0 Å². The first-order valence-corrected chi connectivity index (χ1v) is 7.91. The van der Waals surface area contributed by atoms with Gasteiger partial charge < -0.3 is 15.0 Å². The van der Waals surface area contributed by atoms with Gasteiger partial charge in [-0.05, 0) is 51.7 Å². The summed E-state index contributed by atoms with van der Waals surface area (Å²) in [4.78, 5) is 4.93. The van der Waals surface area contributed by atoms with Crippen LogP contribution in [0.5, 0.6) is 5.75 Å². The van der Waals surface area contributed by atoms with Gasteiger partial charge in [0, 0.05) is 24.1 Å². The first kappa shape index (κ1) is 14.4. The van der Waals surface area contributed by atoms with Crippen molar-refractivity contribution in [2.45, 2.75) is 57.5 Å². The van der Waals surface area contributed by atoms with E-state index >= 15 is 0 Å². The topological polar surface area (TPSA) is 53.1 Å². The lowest BCUT2D eigenvalue weighted by Crippen LogP contribution is -2.27. The lowest BCUT2D eigenvalue weighted by molar-refractivity contribution is 0.372. The van der Waals surface area contributed by atoms with E-state index in [-0.39, 0.29) is 0 Å². The van der Waals surface area contributed by atoms with Gasteiger partial charge in [0.1, 0.15) is 11.6 Å². The number of ether oxygens (including phenoxy) is 1. The molecule has 0 aliphatic heterocycles. The predicted octanol–water partition coefficient (Wildman–Crippen LogP) is 3.61. The van der Waals surface area contributed by atoms with E-state index in [1.54, 1.807) is 7.11 Å². The molecule has 0 atom stereocenters. The van der Waals surface area contributed by atoms with Gasteiger partial charge in [0.05, 0.1) is 18.1 Å². The molecule has 2 aromatic rings. The van der Waals surface area contributed by atoms with Gasteiger partial charge in [-0.2, -0.15) is 0 Å². The molecule has 1 heterocycles. The fourth-order valence-electron chi connectivity index (χ4n) is 3.43. The Morgan fingerprint density at radius 2 is 1.95 bits per heavy atom. The Bertz CT molecular complexity index is 624. The van der Waals surface area contributed by atoms with Crippen molar-refractivity contribution in [3.05, 3.63) is 24.0 Å². The quantitative estimate of drug-likeness (QED) is 0.938. The van der Waals surface area contributed by atoms with E-state index in [9.17, 15) is 0 Å². The van der Waals surface area contributed by atoms with Crippen LogP contribution in [0.4, 0.5) is 0 Å². The second-order valence-corrected chi connectivity index (χ2v) is 6.40. The molecule has 0 bridgehead atoms. The van der Waals surface area contributed by atoms with Crippen molar-refractivity contribution in [1.82, 2.24) is 9.55 Å². The third-order valence-corrected chi connectivity index (χ3v) is 4.58. The summed E-state index contributed by atoms with van der Waals surface area (Å²) in [5, 5.41) is 0. The van der Waals surface area contributed by atoms with E-state index in [1.807, 2.05) is 12.1 Å². The van der Waals surface area contributed by atoms with Gasteiger partial charge in [0.15, 0.2) is 0 Å². The fraction of sp³-hybridized carbons (Fsp3) is 0.588. The molecule has 114 valence electrons. The molecule has 0 amide bonds. The molecular formula is C17H25N3O. The number of rotatable bonds is 3. The van der Waals surface area contributed by atoms with E-state index in [0.29, 0.717) is 18.0 Å². The Balaban J connectivity index is 2.06. The van der Waals surface area contributed by atoms with E-state index in [0.717, 1.165) is 36.9 Å². The molecule has 0 unspecified atom stereocenters. The van der Waals surface area contributed by atoms with E-state index in [4.69, 9.17) is 15.5 Å². The van der Waals surface area contributed by atoms with Crippen LogP contribution in [0.3, 0.4) is 0 Å². The number of hydrogen-bond acceptors (Lipinski definition) is 3. The SMILES string of the molecule is COc1ccc2c(c1)nc(C1CCC(N)CC1)n2C(C)C. The van der Waals surface area contributed by atoms with Gasteiger partial charge in [0.2, 0.25) is 0 Å². The molecule has 1 aliphatic carbocycles. The predicted molar refractivity (Wildman–Crippen MR) is 85.9 cm³/mol. The van der Waals surface area contributed by atoms with Gasteiger partial charge in [-0.15, -0.1) is 0 Å². The minimum absolute atomic E-state index is 0.373. The third kappa shape index (κ3) is 2.64. The maximum Gasteiger partial charge on any atom is 0.121 e. The summed E-state index contributed by atoms with van der Waals surface area (Å²) in [6.07, 6.45) is 4.51. The minimum atomic E-state index is 0.373. The van der Waals surface area contributed by atoms with Crippen molar-refractivity contribution >= 4 is 11.0 Å². The van der Waals surface area contributed by atoms with Crippen molar-refractivity contribution in [1.29, 1.82) is 0 Å². The van der Waals surface area contributed by atoms with Crippen LogP contribution in [0.1, 0.15) is 57.3 Å². The molecule has 3 rings (SSSR count). The zero-order chi connectivity index (χ0) is 15.0. The van der Waals surface area contributed by atoms with Crippen molar-refractivity contribution in [2.24, 2.45) is 5.73 Å². The summed E-state index contributed by atoms with van der Waals surface area (Å²) in [5.74, 6) is 2.62. The number of benzene rings is 1. The molecule has 1 aliphatic rings. The average molecular weight is 287 g/mol. The molecule has 1 fully saturated rings. The highest BCUT2D eigenvalue weighted by molar-refractivity contribution is 5.78. The molecule has 4 nitrogen and oxygen atoms in total. The highest BCUT2D eigenvalue weighted by Gasteiger charge is 2.26. The molecule has 1 aromatic heterocycles. The van der Waals surface area contributed by atoms with Crippen LogP contribution in [0.15, 0.2) is 18.2 Å². The Labute approximate surface area is 126 Å². The van der Waals surface area contributed by atoms with Crippen molar-refractivity contribution in [2.75, 3.05) is 7.11 Å². The molecule has 0 spiro atoms. The molecule has 0 saturated heterocycles. The highest BCUT2D eigenvalue weighted by atomic mass is 16.5. The van der Waals surface area contributed by atoms with Crippen LogP contribution in [0.25, 0.3) is 11.0 Å². The highest BCUT2D eigenvalue weighted by Crippen LogP contribution is 2.35. The fourth-order valence-corrected chi connectivity index (χ4v) is 3.43. The number of nitrogens with two attached hydrogens (primary N) is 1. The summed E-state index contributed by atoms with van der Waals surface area (Å²) < 4.78 is 7.71. The van der Waals surface area contributed by atoms with Crippen LogP contribution in [0, 0.1) is 0 Å². The number of imidazole rings is 1. The second-order valence-electron chi connectivity index (χ2n) is 6.40. The molecular weight excluding hydrogens is 262 g/mol. The Hall–Kier alpha value is -1.55. The Morgan fingerprint density at radius 1 is 1.24 bits per heavy atom. The van der Waals surface area contributed by atoms with Gasteiger partial charge in [-0.3, -0.25) is 0 Å². The number of hydrogen-bond donors (Lipinski definition) is 1. The lowest BCUT2D eigenvalue weighted by Gasteiger charge is -2.27. The van der Waals surface area contributed by atoms with Crippen molar-refractivity contribution in [3.63, 3.8) is 0 Å². The molecule has 0 radical (unpaired) electrons. The van der Waals surface area contributed by atoms with Crippen molar-refractivity contribution < 1.29 is 4.74 Å². The van der Waals surface area contributed by atoms with Crippen LogP contribution in [-0.4, -0.2) is 22.7 Å². The normalized spacial score (nSPS) is 22.9. The standard InChI is InChI=1S/C17H25N3O/c1-11(2)20-16-9-8-14(21-3)10-15(16)19-17(20)12-4-6-13(18)7-5-12/h8-13H,4-7,18H2,1-3H3. The Kier molecular flexibility index (Phi) is 3.89. The first-order chi connectivity index (χ1) is 10.1. The summed E-state index contributed by atoms with van der Waals surface area (Å²) in [5.41, 5.74) is 8.28. The summed E-state index contributed by atoms with van der Waals surface area (Å²) in [7, 11) is 1.70. The van der Waals surface area contributed by atoms with Crippen LogP contribution >= 0.6 is 0 Å². The molecule has 21 heavy (non-hydrogen) atoms. The Morgan fingerprint density at radius 3 is 2.57 bits per heavy atom. The summed E-state index contributed by atoms with van der Waals surface area (Å²) in [6.45, 7) is 4.45. The number of nitrogens with zero attached hydrogens (tertiary/aromatic N) is 2. The smallest absolute Gasteiger partial charge is 0.121 e. The summed E-state index contributed by atoms with van der Waals surface area (Å²) in [6, 6.07) is 6.96. The maximum absolute atomic E-state index is 6.04. The maximum atomic E-state index is 6.04. The van der Waals surface area contributed by atoms with Crippen LogP contribution < -0.4 is 10.5 Å². The molecule has 2 N–H and O–H groups in total. The van der Waals surface area contributed by atoms with Gasteiger partial charge in [0.25, 0.3) is 0 Å². The van der Waals surface area contributed by atoms with Gasteiger partial charge in [-0.25, -0.2) is 4.98 Å². The number of methoxy groups -OCH3 is 1. The average Bonchev–Trinajstić information content (AvgIpc) is 2.86. The van der Waals surface area contributed by atoms with Gasteiger partial charge >= 0.3 is 0 Å². The van der Waals surface area contributed by atoms with E-state index in [1.165, 1.54) is 11.3 Å². The number of fused-ring (bicyclic) bond motifs is 1. The van der Waals surface area contributed by atoms with E-state index in [2.05, 4.69) is 24.5 Å². The monoisotopic (exact) mass is 287 g/mol. The molecule has 1 aromatic carbocycles. The largest absolute Gasteiger partial charge is 0.497 e. The first-order valence-electron chi connectivity index (χ1n) is 7.91. The molecule has 1 saturated carbocycles. The third-order valence-electron chi connectivity index (χ3n) is 4.58.